The van der Waals surface area contributed by atoms with Crippen LogP contribution in [0.1, 0.15) is 5.56 Å². The summed E-state index contributed by atoms with van der Waals surface area (Å²) in [6, 6.07) is 2.90. The zero-order valence-corrected chi connectivity index (χ0v) is 14.0. The topological polar surface area (TPSA) is 73.5 Å². The number of piperazine rings is 1. The summed E-state index contributed by atoms with van der Waals surface area (Å²) in [5.74, 6) is -1.94. The number of hydrogen-bond acceptors (Lipinski definition) is 4. The number of carbonyl (C=O) groups is 2. The zero-order chi connectivity index (χ0) is 18.4. The van der Waals surface area contributed by atoms with Crippen LogP contribution >= 0.6 is 11.6 Å². The lowest BCUT2D eigenvalue weighted by atomic mass is 10.2. The third-order valence-corrected chi connectivity index (χ3v) is 3.99. The Balaban J connectivity index is 1.85. The van der Waals surface area contributed by atoms with Crippen molar-refractivity contribution in [2.45, 2.75) is 6.18 Å². The van der Waals surface area contributed by atoms with E-state index < -0.39 is 28.6 Å². The number of alkyl halides is 3. The third kappa shape index (κ3) is 5.87. The Morgan fingerprint density at radius 2 is 1.88 bits per heavy atom. The summed E-state index contributed by atoms with van der Waals surface area (Å²) in [7, 11) is 0. The average molecular weight is 379 g/mol. The maximum Gasteiger partial charge on any atom is 0.417 e. The Labute approximate surface area is 147 Å². The normalized spacial score (nSPS) is 15.7. The molecule has 0 aliphatic carbocycles. The number of benzene rings is 1. The molecule has 2 amide bonds. The molecule has 6 nitrogen and oxygen atoms in total. The van der Waals surface area contributed by atoms with Gasteiger partial charge in [0.15, 0.2) is 0 Å². The zero-order valence-electron chi connectivity index (χ0n) is 13.3. The lowest BCUT2D eigenvalue weighted by molar-refractivity contribution is -0.137. The predicted octanol–water partition coefficient (Wildman–Crippen LogP) is 1.32. The molecule has 138 valence electrons. The molecule has 0 atom stereocenters. The van der Waals surface area contributed by atoms with E-state index in [0.717, 1.165) is 32.2 Å². The summed E-state index contributed by atoms with van der Waals surface area (Å²) in [5, 5.41) is 7.30. The molecule has 1 saturated heterocycles. The number of amides is 2. The van der Waals surface area contributed by atoms with Crippen molar-refractivity contribution in [2.75, 3.05) is 44.6 Å². The highest BCUT2D eigenvalue weighted by atomic mass is 35.5. The van der Waals surface area contributed by atoms with Crippen LogP contribution in [-0.2, 0) is 15.8 Å². The third-order valence-electron chi connectivity index (χ3n) is 3.66. The van der Waals surface area contributed by atoms with Crippen LogP contribution in [0.4, 0.5) is 18.9 Å². The minimum Gasteiger partial charge on any atom is -0.347 e. The summed E-state index contributed by atoms with van der Waals surface area (Å²) in [6.45, 7) is 4.32. The summed E-state index contributed by atoms with van der Waals surface area (Å²) in [6.07, 6.45) is -4.65. The van der Waals surface area contributed by atoms with Gasteiger partial charge in [0.1, 0.15) is 0 Å². The van der Waals surface area contributed by atoms with E-state index in [4.69, 9.17) is 11.6 Å². The van der Waals surface area contributed by atoms with Gasteiger partial charge in [-0.15, -0.1) is 0 Å². The van der Waals surface area contributed by atoms with Crippen molar-refractivity contribution in [1.29, 1.82) is 0 Å². The molecule has 1 aromatic carbocycles. The first-order chi connectivity index (χ1) is 11.8. The van der Waals surface area contributed by atoms with Crippen LogP contribution in [-0.4, -0.2) is 56.0 Å². The van der Waals surface area contributed by atoms with Crippen molar-refractivity contribution >= 4 is 29.1 Å². The van der Waals surface area contributed by atoms with Crippen LogP contribution in [0.15, 0.2) is 18.2 Å². The van der Waals surface area contributed by atoms with E-state index in [1.807, 2.05) is 0 Å². The Morgan fingerprint density at radius 1 is 1.20 bits per heavy atom. The van der Waals surface area contributed by atoms with Crippen molar-refractivity contribution in [2.24, 2.45) is 0 Å². The van der Waals surface area contributed by atoms with Gasteiger partial charge in [0.25, 0.3) is 0 Å². The number of halogens is 4. The highest BCUT2D eigenvalue weighted by molar-refractivity contribution is 6.39. The molecule has 0 unspecified atom stereocenters. The largest absolute Gasteiger partial charge is 0.417 e. The quantitative estimate of drug-likeness (QED) is 0.691. The van der Waals surface area contributed by atoms with Gasteiger partial charge >= 0.3 is 18.0 Å². The Kier molecular flexibility index (Phi) is 6.63. The van der Waals surface area contributed by atoms with Gasteiger partial charge in [0.2, 0.25) is 0 Å². The van der Waals surface area contributed by atoms with Gasteiger partial charge in [-0.2, -0.15) is 13.2 Å². The van der Waals surface area contributed by atoms with Crippen molar-refractivity contribution in [3.63, 3.8) is 0 Å². The van der Waals surface area contributed by atoms with Crippen LogP contribution in [0.5, 0.6) is 0 Å². The number of hydrogen-bond donors (Lipinski definition) is 3. The average Bonchev–Trinajstić information content (AvgIpc) is 2.56. The molecule has 1 aromatic rings. The number of rotatable bonds is 4. The monoisotopic (exact) mass is 378 g/mol. The van der Waals surface area contributed by atoms with Crippen molar-refractivity contribution in [3.8, 4) is 0 Å². The lowest BCUT2D eigenvalue weighted by Crippen LogP contribution is -2.47. The van der Waals surface area contributed by atoms with Gasteiger partial charge in [-0.3, -0.25) is 14.5 Å². The second kappa shape index (κ2) is 8.50. The van der Waals surface area contributed by atoms with E-state index in [2.05, 4.69) is 20.9 Å². The minimum absolute atomic E-state index is 0.154. The van der Waals surface area contributed by atoms with E-state index in [-0.39, 0.29) is 12.2 Å². The highest BCUT2D eigenvalue weighted by Crippen LogP contribution is 2.36. The first kappa shape index (κ1) is 19.5. The first-order valence-corrected chi connectivity index (χ1v) is 8.04. The summed E-state index contributed by atoms with van der Waals surface area (Å²) >= 11 is 5.50. The van der Waals surface area contributed by atoms with E-state index in [9.17, 15) is 22.8 Å². The van der Waals surface area contributed by atoms with Crippen molar-refractivity contribution < 1.29 is 22.8 Å². The number of anilines is 1. The summed E-state index contributed by atoms with van der Waals surface area (Å²) in [4.78, 5) is 25.6. The molecule has 1 heterocycles. The molecule has 25 heavy (non-hydrogen) atoms. The van der Waals surface area contributed by atoms with E-state index in [0.29, 0.717) is 12.6 Å². The number of carbonyl (C=O) groups excluding carboxylic acids is 2. The van der Waals surface area contributed by atoms with Crippen LogP contribution in [0.2, 0.25) is 5.02 Å². The van der Waals surface area contributed by atoms with E-state index in [1.165, 1.54) is 6.07 Å². The molecular weight excluding hydrogens is 361 g/mol. The van der Waals surface area contributed by atoms with Crippen molar-refractivity contribution in [1.82, 2.24) is 15.5 Å². The fourth-order valence-corrected chi connectivity index (χ4v) is 2.58. The minimum atomic E-state index is -4.65. The molecule has 0 saturated carbocycles. The molecule has 1 aliphatic heterocycles. The second-order valence-electron chi connectivity index (χ2n) is 5.49. The van der Waals surface area contributed by atoms with E-state index >= 15 is 0 Å². The molecule has 1 aliphatic rings. The molecule has 2 rings (SSSR count). The molecule has 3 N–H and O–H groups in total. The maximum atomic E-state index is 12.8. The molecule has 0 bridgehead atoms. The van der Waals surface area contributed by atoms with Gasteiger partial charge in [-0.05, 0) is 18.2 Å². The maximum absolute atomic E-state index is 12.8. The van der Waals surface area contributed by atoms with E-state index in [1.54, 1.807) is 0 Å². The molecule has 1 fully saturated rings. The fourth-order valence-electron chi connectivity index (χ4n) is 2.35. The van der Waals surface area contributed by atoms with Crippen LogP contribution in [0.3, 0.4) is 0 Å². The molecule has 0 spiro atoms. The van der Waals surface area contributed by atoms with Crippen LogP contribution in [0, 0.1) is 0 Å². The summed E-state index contributed by atoms with van der Waals surface area (Å²) in [5.41, 5.74) is -1.23. The lowest BCUT2D eigenvalue weighted by Gasteiger charge is -2.26. The smallest absolute Gasteiger partial charge is 0.347 e. The Morgan fingerprint density at radius 3 is 2.52 bits per heavy atom. The van der Waals surface area contributed by atoms with Gasteiger partial charge in [-0.25, -0.2) is 0 Å². The second-order valence-corrected chi connectivity index (χ2v) is 5.90. The van der Waals surface area contributed by atoms with Gasteiger partial charge in [0, 0.05) is 45.0 Å². The first-order valence-electron chi connectivity index (χ1n) is 7.66. The van der Waals surface area contributed by atoms with Crippen LogP contribution in [0.25, 0.3) is 0 Å². The molecule has 10 heteroatoms. The summed E-state index contributed by atoms with van der Waals surface area (Å²) < 4.78 is 38.3. The highest BCUT2D eigenvalue weighted by Gasteiger charge is 2.33. The SMILES string of the molecule is O=C(NCCN1CCNCC1)C(=O)Nc1ccc(Cl)c(C(F)(F)F)c1. The molecular formula is C15H18ClF3N4O2. The predicted molar refractivity (Wildman–Crippen MR) is 87.4 cm³/mol. The number of nitrogens with zero attached hydrogens (tertiary/aromatic N) is 1. The Bertz CT molecular complexity index is 634. The van der Waals surface area contributed by atoms with Crippen molar-refractivity contribution in [3.05, 3.63) is 28.8 Å². The standard InChI is InChI=1S/C15H18ClF3N4O2/c16-12-2-1-10(9-11(12)15(17,18)19)22-14(25)13(24)21-5-8-23-6-3-20-4-7-23/h1-2,9,20H,3-8H2,(H,21,24)(H,22,25). The number of nitrogens with one attached hydrogen (secondary N) is 3. The van der Waals surface area contributed by atoms with Gasteiger partial charge in [-0.1, -0.05) is 11.6 Å². The van der Waals surface area contributed by atoms with Gasteiger partial charge in [0.05, 0.1) is 10.6 Å². The van der Waals surface area contributed by atoms with Gasteiger partial charge < -0.3 is 16.0 Å². The molecule has 0 aromatic heterocycles. The van der Waals surface area contributed by atoms with Crippen LogP contribution < -0.4 is 16.0 Å². The molecule has 0 radical (unpaired) electrons. The Hall–Kier alpha value is -1.84. The fraction of sp³-hybridized carbons (Fsp3) is 0.467.